The Kier molecular flexibility index (Phi) is 31.0. The molecule has 14 rings (SSSR count). The standard InChI is InChI=1S/C104H118FNO16SSi2/c1-103(2,3)124(7,8)121-86-58-53-81(54-59-86)83-55-60-87(94-88(101(107)106(94)85-49-33-18-34-50-85)61-62-89(82-51-56-84(105)57-52-82)122-125(9,10)104(4,5)6)90(63-83)120-123(108,109)73-93-96(113-67-77-41-25-14-26-42-77)98(114-68-78-43-27-15-28-44-78)97(92(117-93)72-111-65-75-37-21-12-22-38-75)119-102-100(116-70-80-47-31-17-32-48-80)99(115-69-79-45-29-16-30-46-79)95(112-66-76-39-23-13-24-40-76)91(118-102)71-110-64-74-35-19-11-20-36-74/h11-60,63,88-89,91-100,102H,61-62,64-73H2,1-10H3/t88-,89+,91?,92?,93+,94-,95-,96?,97-,98+,99-,100?,102+/m1/s1. The highest BCUT2D eigenvalue weighted by Gasteiger charge is 2.56. The van der Waals surface area contributed by atoms with Gasteiger partial charge in [-0.3, -0.25) is 4.79 Å². The average molecular weight is 1750 g/mol. The van der Waals surface area contributed by atoms with E-state index in [1.165, 1.54) is 12.1 Å². The van der Waals surface area contributed by atoms with Gasteiger partial charge in [-0.05, 0) is 147 Å². The Morgan fingerprint density at radius 2 is 0.816 bits per heavy atom. The van der Waals surface area contributed by atoms with Crippen LogP contribution in [0.3, 0.4) is 0 Å². The monoisotopic (exact) mass is 1740 g/mol. The van der Waals surface area contributed by atoms with Crippen LogP contribution in [0.25, 0.3) is 11.1 Å². The number of amides is 1. The molecule has 11 aromatic carbocycles. The van der Waals surface area contributed by atoms with Gasteiger partial charge in [0.15, 0.2) is 14.6 Å². The first-order chi connectivity index (χ1) is 60.3. The molecule has 125 heavy (non-hydrogen) atoms. The molecule has 11 aromatic rings. The van der Waals surface area contributed by atoms with Gasteiger partial charge < -0.3 is 65.3 Å². The van der Waals surface area contributed by atoms with Crippen LogP contribution in [0.1, 0.15) is 117 Å². The summed E-state index contributed by atoms with van der Waals surface area (Å²) in [6.07, 6.45) is -11.2. The third kappa shape index (κ3) is 24.4. The number of anilines is 1. The van der Waals surface area contributed by atoms with Crippen LogP contribution in [0.4, 0.5) is 10.1 Å². The Morgan fingerprint density at radius 3 is 1.26 bits per heavy atom. The van der Waals surface area contributed by atoms with Gasteiger partial charge in [-0.2, -0.15) is 8.42 Å². The van der Waals surface area contributed by atoms with Gasteiger partial charge in [0.25, 0.3) is 0 Å². The van der Waals surface area contributed by atoms with Crippen LogP contribution in [0.15, 0.2) is 309 Å². The maximum atomic E-state index is 16.5. The Bertz CT molecular complexity index is 5260. The van der Waals surface area contributed by atoms with E-state index >= 15 is 13.2 Å². The summed E-state index contributed by atoms with van der Waals surface area (Å²) in [5, 5.41) is -0.267. The van der Waals surface area contributed by atoms with Crippen molar-refractivity contribution in [2.24, 2.45) is 5.92 Å². The highest BCUT2D eigenvalue weighted by Crippen LogP contribution is 2.52. The van der Waals surface area contributed by atoms with E-state index in [9.17, 15) is 4.39 Å². The summed E-state index contributed by atoms with van der Waals surface area (Å²) in [6.45, 7) is 22.5. The minimum Gasteiger partial charge on any atom is -0.544 e. The second-order valence-electron chi connectivity index (χ2n) is 35.7. The van der Waals surface area contributed by atoms with E-state index in [0.717, 1.165) is 50.1 Å². The Morgan fingerprint density at radius 1 is 0.424 bits per heavy atom. The summed E-state index contributed by atoms with van der Waals surface area (Å²) in [4.78, 5) is 17.1. The fourth-order valence-corrected chi connectivity index (χ4v) is 19.2. The van der Waals surface area contributed by atoms with Gasteiger partial charge in [-0.25, -0.2) is 4.39 Å². The van der Waals surface area contributed by atoms with Gasteiger partial charge in [0.05, 0.1) is 77.5 Å². The number of hydrogen-bond donors (Lipinski definition) is 0. The molecule has 3 saturated heterocycles. The van der Waals surface area contributed by atoms with Gasteiger partial charge in [0.2, 0.25) is 14.2 Å². The maximum absolute atomic E-state index is 16.5. The lowest BCUT2D eigenvalue weighted by Gasteiger charge is -2.50. The predicted octanol–water partition coefficient (Wildman–Crippen LogP) is 22.1. The van der Waals surface area contributed by atoms with Gasteiger partial charge >= 0.3 is 10.1 Å². The molecule has 1 amide bonds. The van der Waals surface area contributed by atoms with Crippen molar-refractivity contribution >= 4 is 38.3 Å². The molecule has 13 atom stereocenters. The van der Waals surface area contributed by atoms with Gasteiger partial charge in [0, 0.05) is 11.3 Å². The molecule has 3 aliphatic rings. The van der Waals surface area contributed by atoms with Crippen molar-refractivity contribution in [3.05, 3.63) is 365 Å². The number of halogens is 1. The number of β-lactam (4-membered cyclic amide) rings is 1. The van der Waals surface area contributed by atoms with Crippen LogP contribution in [0.5, 0.6) is 11.5 Å². The molecule has 0 saturated carbocycles. The highest BCUT2D eigenvalue weighted by atomic mass is 32.2. The number of para-hydroxylation sites is 1. The van der Waals surface area contributed by atoms with E-state index in [0.29, 0.717) is 35.4 Å². The number of nitrogens with zero attached hydrogens (tertiary/aromatic N) is 1. The van der Waals surface area contributed by atoms with Crippen molar-refractivity contribution in [3.8, 4) is 22.6 Å². The summed E-state index contributed by atoms with van der Waals surface area (Å²) in [6, 6.07) is 97.1. The highest BCUT2D eigenvalue weighted by molar-refractivity contribution is 7.87. The van der Waals surface area contributed by atoms with Crippen LogP contribution in [0.2, 0.25) is 36.3 Å². The predicted molar refractivity (Wildman–Crippen MR) is 490 cm³/mol. The van der Waals surface area contributed by atoms with E-state index in [4.69, 9.17) is 60.4 Å². The molecule has 3 fully saturated rings. The van der Waals surface area contributed by atoms with Crippen molar-refractivity contribution in [2.45, 2.75) is 210 Å². The number of rotatable bonds is 40. The van der Waals surface area contributed by atoms with Crippen LogP contribution in [-0.4, -0.2) is 111 Å². The third-order valence-electron chi connectivity index (χ3n) is 24.6. The van der Waals surface area contributed by atoms with Crippen molar-refractivity contribution in [3.63, 3.8) is 0 Å². The molecule has 0 bridgehead atoms. The first-order valence-electron chi connectivity index (χ1n) is 43.4. The molecular formula is C104H118FNO16SSi2. The van der Waals surface area contributed by atoms with Crippen molar-refractivity contribution < 1.29 is 78.0 Å². The molecule has 0 aromatic heterocycles. The van der Waals surface area contributed by atoms with Crippen molar-refractivity contribution in [2.75, 3.05) is 23.9 Å². The van der Waals surface area contributed by atoms with Gasteiger partial charge in [-0.15, -0.1) is 0 Å². The summed E-state index contributed by atoms with van der Waals surface area (Å²) in [7, 11) is -9.70. The SMILES string of the molecule is CC(C)(C)[Si](C)(C)Oc1ccc(-c2ccc([C@@H]3[C@@H](CC[C@H](O[Si](C)(C)C(C)(C)C)c4ccc(F)cc4)C(=O)N3c3ccccc3)c(OS(=O)(=O)C[C@@H]3OC(COCc4ccccc4)[C@@H](O[C@@H]4OC(COCc5ccccc5)[C@@H](OCc5ccccc5)[C@@H](OCc5ccccc5)C4OCc4ccccc4)[C@@H](OCc4ccccc4)C3OCc3ccccc3)c2)cc1. The smallest absolute Gasteiger partial charge is 0.311 e. The lowest BCUT2D eigenvalue weighted by molar-refractivity contribution is -0.362. The molecule has 3 aliphatic heterocycles. The molecule has 0 radical (unpaired) electrons. The van der Waals surface area contributed by atoms with Crippen LogP contribution >= 0.6 is 0 Å². The first-order valence-corrected chi connectivity index (χ1v) is 50.8. The number of carbonyl (C=O) groups excluding carboxylic acids is 1. The topological polar surface area (TPSA) is 174 Å². The summed E-state index contributed by atoms with van der Waals surface area (Å²) >= 11 is 0. The molecule has 656 valence electrons. The van der Waals surface area contributed by atoms with E-state index in [2.05, 4.69) is 67.7 Å². The second kappa shape index (κ2) is 42.3. The van der Waals surface area contributed by atoms with Crippen LogP contribution in [0, 0.1) is 11.7 Å². The number of hydrogen-bond acceptors (Lipinski definition) is 16. The van der Waals surface area contributed by atoms with E-state index in [1.807, 2.05) is 279 Å². The third-order valence-corrected chi connectivity index (χ3v) is 34.6. The Hall–Kier alpha value is -9.64. The maximum Gasteiger partial charge on any atom is 0.311 e. The quantitative estimate of drug-likeness (QED) is 0.0201. The number of ether oxygens (including phenoxy) is 10. The van der Waals surface area contributed by atoms with Gasteiger partial charge in [-0.1, -0.05) is 308 Å². The number of carbonyl (C=O) groups is 1. The minimum atomic E-state index is -4.91. The molecule has 0 spiro atoms. The van der Waals surface area contributed by atoms with Crippen LogP contribution < -0.4 is 13.5 Å². The van der Waals surface area contributed by atoms with E-state index in [1.54, 1.807) is 23.1 Å². The van der Waals surface area contributed by atoms with E-state index < -0.39 is 112 Å². The number of benzene rings is 11. The lowest BCUT2D eigenvalue weighted by atomic mass is 9.77. The molecule has 21 heteroatoms. The molecular weight excluding hydrogens is 1630 g/mol. The van der Waals surface area contributed by atoms with E-state index in [-0.39, 0.29) is 87.0 Å². The van der Waals surface area contributed by atoms with Crippen LogP contribution in [-0.2, 0) is 113 Å². The molecule has 0 aliphatic carbocycles. The molecule has 4 unspecified atom stereocenters. The zero-order valence-electron chi connectivity index (χ0n) is 73.2. The lowest BCUT2D eigenvalue weighted by Crippen LogP contribution is -2.66. The molecule has 3 heterocycles. The zero-order chi connectivity index (χ0) is 87.6. The summed E-state index contributed by atoms with van der Waals surface area (Å²) < 4.78 is 142. The average Bonchev–Trinajstić information content (AvgIpc) is 0.728. The first kappa shape index (κ1) is 91.6. The van der Waals surface area contributed by atoms with Gasteiger partial charge in [0.1, 0.15) is 78.0 Å². The Labute approximate surface area is 739 Å². The fraction of sp³-hybridized carbons (Fsp3) is 0.356. The second-order valence-corrected chi connectivity index (χ2v) is 46.8. The largest absolute Gasteiger partial charge is 0.544 e. The fourth-order valence-electron chi connectivity index (χ4n) is 15.7. The molecule has 17 nitrogen and oxygen atoms in total. The Balaban J connectivity index is 0.885. The normalized spacial score (nSPS) is 21.6. The zero-order valence-corrected chi connectivity index (χ0v) is 76.0. The molecule has 0 N–H and O–H groups in total. The summed E-state index contributed by atoms with van der Waals surface area (Å²) in [5.74, 6) is -1.36. The van der Waals surface area contributed by atoms with Crippen molar-refractivity contribution in [1.82, 2.24) is 0 Å². The summed E-state index contributed by atoms with van der Waals surface area (Å²) in [5.41, 5.74) is 9.34. The van der Waals surface area contributed by atoms with Crippen molar-refractivity contribution in [1.29, 1.82) is 0 Å². The minimum absolute atomic E-state index is 0.00351.